The van der Waals surface area contributed by atoms with Gasteiger partial charge in [0.1, 0.15) is 16.7 Å². The quantitative estimate of drug-likeness (QED) is 0.561. The number of nitrogens with one attached hydrogen (secondary N) is 2. The largest absolute Gasteiger partial charge is 0.463 e. The van der Waals surface area contributed by atoms with Crippen LogP contribution < -0.4 is 10.6 Å². The van der Waals surface area contributed by atoms with E-state index in [1.807, 2.05) is 0 Å². The Kier molecular flexibility index (Phi) is 6.20. The van der Waals surface area contributed by atoms with Gasteiger partial charge in [0.25, 0.3) is 0 Å². The first-order chi connectivity index (χ1) is 12.9. The lowest BCUT2D eigenvalue weighted by atomic mass is 10.2. The first-order valence-corrected chi connectivity index (χ1v) is 9.45. The van der Waals surface area contributed by atoms with E-state index >= 15 is 0 Å². The van der Waals surface area contributed by atoms with E-state index in [0.717, 1.165) is 11.8 Å². The van der Waals surface area contributed by atoms with E-state index in [1.54, 1.807) is 37.3 Å². The Morgan fingerprint density at radius 2 is 2.15 bits per heavy atom. The lowest BCUT2D eigenvalue weighted by Gasteiger charge is -2.09. The molecule has 1 saturated heterocycles. The van der Waals surface area contributed by atoms with Crippen LogP contribution in [0.15, 0.2) is 51.2 Å². The van der Waals surface area contributed by atoms with Crippen molar-refractivity contribution in [2.24, 2.45) is 10.2 Å². The molecular formula is C17H14Cl2N4O3S. The second-order valence-electron chi connectivity index (χ2n) is 5.52. The van der Waals surface area contributed by atoms with Crippen LogP contribution in [-0.2, 0) is 9.59 Å². The summed E-state index contributed by atoms with van der Waals surface area (Å²) in [6.45, 7) is 1.74. The minimum absolute atomic E-state index is 0.0424. The third-order valence-corrected chi connectivity index (χ3v) is 5.43. The summed E-state index contributed by atoms with van der Waals surface area (Å²) >= 11 is 13.1. The first kappa shape index (κ1) is 19.5. The van der Waals surface area contributed by atoms with Gasteiger partial charge in [0.05, 0.1) is 22.0 Å². The van der Waals surface area contributed by atoms with Crippen molar-refractivity contribution in [2.45, 2.75) is 18.6 Å². The Hall–Kier alpha value is -2.29. The number of thioether (sulfide) groups is 1. The van der Waals surface area contributed by atoms with Crippen LogP contribution in [0.4, 0.5) is 5.69 Å². The van der Waals surface area contributed by atoms with Crippen molar-refractivity contribution >= 4 is 63.3 Å². The van der Waals surface area contributed by atoms with Crippen molar-refractivity contribution in [3.8, 4) is 0 Å². The fourth-order valence-corrected chi connectivity index (χ4v) is 3.48. The summed E-state index contributed by atoms with van der Waals surface area (Å²) in [5.41, 5.74) is 0.962. The predicted molar refractivity (Wildman–Crippen MR) is 108 cm³/mol. The lowest BCUT2D eigenvalue weighted by molar-refractivity contribution is -0.122. The van der Waals surface area contributed by atoms with E-state index in [4.69, 9.17) is 27.6 Å². The lowest BCUT2D eigenvalue weighted by Crippen LogP contribution is -2.28. The van der Waals surface area contributed by atoms with Crippen molar-refractivity contribution in [1.82, 2.24) is 5.32 Å². The number of rotatable bonds is 5. The van der Waals surface area contributed by atoms with Crippen molar-refractivity contribution < 1.29 is 14.0 Å². The molecule has 1 aromatic carbocycles. The Bertz CT molecular complexity index is 928. The van der Waals surface area contributed by atoms with Crippen molar-refractivity contribution in [2.75, 3.05) is 5.32 Å². The van der Waals surface area contributed by atoms with Gasteiger partial charge >= 0.3 is 0 Å². The van der Waals surface area contributed by atoms with Crippen LogP contribution in [0.25, 0.3) is 0 Å². The van der Waals surface area contributed by atoms with Gasteiger partial charge < -0.3 is 15.1 Å². The van der Waals surface area contributed by atoms with Crippen LogP contribution in [0, 0.1) is 0 Å². The summed E-state index contributed by atoms with van der Waals surface area (Å²) in [5.74, 6) is -0.0803. The molecule has 10 heteroatoms. The number of amidine groups is 1. The molecule has 0 aliphatic carbocycles. The fraction of sp³-hybridized carbons (Fsp3) is 0.176. The molecule has 2 N–H and O–H groups in total. The number of hydrogen-bond donors (Lipinski definition) is 2. The molecule has 1 atom stereocenters. The van der Waals surface area contributed by atoms with Gasteiger partial charge in [-0.3, -0.25) is 9.59 Å². The number of carbonyl (C=O) groups excluding carboxylic acids is 2. The molecule has 0 spiro atoms. The molecule has 0 unspecified atom stereocenters. The molecule has 0 bridgehead atoms. The second-order valence-corrected chi connectivity index (χ2v) is 7.49. The van der Waals surface area contributed by atoms with E-state index in [9.17, 15) is 9.59 Å². The van der Waals surface area contributed by atoms with Gasteiger partial charge in [0, 0.05) is 6.42 Å². The van der Waals surface area contributed by atoms with Gasteiger partial charge in [-0.25, -0.2) is 0 Å². The highest BCUT2D eigenvalue weighted by atomic mass is 35.5. The summed E-state index contributed by atoms with van der Waals surface area (Å²) in [7, 11) is 0. The monoisotopic (exact) mass is 424 g/mol. The molecule has 0 radical (unpaired) electrons. The topological polar surface area (TPSA) is 96.1 Å². The number of benzene rings is 1. The van der Waals surface area contributed by atoms with Gasteiger partial charge in [-0.2, -0.15) is 0 Å². The number of hydrogen-bond acceptors (Lipinski definition) is 6. The number of nitrogens with zero attached hydrogens (tertiary/aromatic N) is 2. The summed E-state index contributed by atoms with van der Waals surface area (Å²) in [5, 5.41) is 13.6. The molecular weight excluding hydrogens is 411 g/mol. The van der Waals surface area contributed by atoms with E-state index in [0.29, 0.717) is 27.3 Å². The molecule has 2 amide bonds. The van der Waals surface area contributed by atoms with E-state index in [1.165, 1.54) is 6.26 Å². The van der Waals surface area contributed by atoms with Crippen LogP contribution in [0.1, 0.15) is 19.1 Å². The predicted octanol–water partition coefficient (Wildman–Crippen LogP) is 3.93. The number of furan rings is 1. The number of anilines is 1. The molecule has 1 aromatic heterocycles. The van der Waals surface area contributed by atoms with Gasteiger partial charge in [-0.05, 0) is 31.2 Å². The van der Waals surface area contributed by atoms with Crippen LogP contribution in [0.2, 0.25) is 10.0 Å². The summed E-state index contributed by atoms with van der Waals surface area (Å²) in [6.07, 6.45) is 1.49. The zero-order valence-electron chi connectivity index (χ0n) is 14.0. The standard InChI is InChI=1S/C17H14Cl2N4O3S/c1-9(12-6-3-7-26-12)22-23-17-21-16(25)13(27-17)8-14(24)20-11-5-2-4-10(18)15(11)19/h2-7,13H,8H2,1H3,(H,20,24)(H,21,23,25)/b22-9-/t13-/m1/s1. The molecule has 1 aliphatic heterocycles. The molecule has 7 nitrogen and oxygen atoms in total. The Morgan fingerprint density at radius 3 is 2.89 bits per heavy atom. The van der Waals surface area contributed by atoms with Crippen molar-refractivity contribution in [3.05, 3.63) is 52.4 Å². The zero-order chi connectivity index (χ0) is 19.4. The average Bonchev–Trinajstić information content (AvgIpc) is 3.27. The van der Waals surface area contributed by atoms with E-state index < -0.39 is 5.25 Å². The molecule has 27 heavy (non-hydrogen) atoms. The molecule has 0 saturated carbocycles. The summed E-state index contributed by atoms with van der Waals surface area (Å²) in [4.78, 5) is 24.3. The summed E-state index contributed by atoms with van der Waals surface area (Å²) in [6, 6.07) is 8.42. The van der Waals surface area contributed by atoms with Crippen LogP contribution in [0.3, 0.4) is 0 Å². The molecule has 140 valence electrons. The third kappa shape index (κ3) is 4.91. The van der Waals surface area contributed by atoms with E-state index in [2.05, 4.69) is 20.8 Å². The number of amides is 2. The maximum Gasteiger partial charge on any atom is 0.240 e. The fourth-order valence-electron chi connectivity index (χ4n) is 2.21. The van der Waals surface area contributed by atoms with Crippen LogP contribution >= 0.6 is 35.0 Å². The van der Waals surface area contributed by atoms with Crippen LogP contribution in [-0.4, -0.2) is 27.9 Å². The first-order valence-electron chi connectivity index (χ1n) is 7.81. The average molecular weight is 425 g/mol. The normalized spacial score (nSPS) is 18.6. The zero-order valence-corrected chi connectivity index (χ0v) is 16.4. The van der Waals surface area contributed by atoms with Crippen molar-refractivity contribution in [3.63, 3.8) is 0 Å². The molecule has 3 rings (SSSR count). The Labute approximate surface area is 169 Å². The van der Waals surface area contributed by atoms with Gasteiger partial charge in [0.2, 0.25) is 11.8 Å². The smallest absolute Gasteiger partial charge is 0.240 e. The summed E-state index contributed by atoms with van der Waals surface area (Å²) < 4.78 is 5.21. The SMILES string of the molecule is C/C(=N/N=C1\NC(=O)[C@@H](CC(=O)Nc2cccc(Cl)c2Cl)S1)c1ccco1. The minimum atomic E-state index is -0.610. The molecule has 2 aromatic rings. The van der Waals surface area contributed by atoms with Crippen molar-refractivity contribution in [1.29, 1.82) is 0 Å². The Balaban J connectivity index is 1.60. The highest BCUT2D eigenvalue weighted by Crippen LogP contribution is 2.30. The highest BCUT2D eigenvalue weighted by Gasteiger charge is 2.32. The highest BCUT2D eigenvalue weighted by molar-refractivity contribution is 8.15. The molecule has 2 heterocycles. The van der Waals surface area contributed by atoms with E-state index in [-0.39, 0.29) is 23.3 Å². The maximum atomic E-state index is 12.2. The third-order valence-electron chi connectivity index (χ3n) is 3.54. The number of halogens is 2. The second kappa shape index (κ2) is 8.60. The minimum Gasteiger partial charge on any atom is -0.463 e. The molecule has 1 aliphatic rings. The Morgan fingerprint density at radius 1 is 1.33 bits per heavy atom. The van der Waals surface area contributed by atoms with Gasteiger partial charge in [-0.1, -0.05) is 41.0 Å². The van der Waals surface area contributed by atoms with Gasteiger partial charge in [0.15, 0.2) is 5.17 Å². The molecule has 1 fully saturated rings. The van der Waals surface area contributed by atoms with Crippen LogP contribution in [0.5, 0.6) is 0 Å². The number of carbonyl (C=O) groups is 2. The van der Waals surface area contributed by atoms with Gasteiger partial charge in [-0.15, -0.1) is 10.2 Å². The maximum absolute atomic E-state index is 12.2.